The Morgan fingerprint density at radius 3 is 2.61 bits per heavy atom. The Hall–Kier alpha value is -1.81. The maximum Gasteiger partial charge on any atom is 0.119 e. The first-order valence-electron chi connectivity index (χ1n) is 5.68. The number of oxime groups is 1. The molecule has 0 bridgehead atoms. The van der Waals surface area contributed by atoms with E-state index in [9.17, 15) is 0 Å². The van der Waals surface area contributed by atoms with Crippen LogP contribution in [0.15, 0.2) is 46.2 Å². The van der Waals surface area contributed by atoms with Crippen LogP contribution >= 0.6 is 11.3 Å². The van der Waals surface area contributed by atoms with Crippen molar-refractivity contribution in [2.45, 2.75) is 20.0 Å². The lowest BCUT2D eigenvalue weighted by molar-refractivity contribution is 0.306. The van der Waals surface area contributed by atoms with Gasteiger partial charge in [0.2, 0.25) is 0 Å². The molecule has 0 aliphatic heterocycles. The van der Waals surface area contributed by atoms with Crippen LogP contribution in [0.25, 0.3) is 0 Å². The molecule has 0 fully saturated rings. The van der Waals surface area contributed by atoms with Gasteiger partial charge in [-0.1, -0.05) is 17.3 Å². The Balaban J connectivity index is 1.91. The van der Waals surface area contributed by atoms with E-state index < -0.39 is 0 Å². The summed E-state index contributed by atoms with van der Waals surface area (Å²) in [7, 11) is 0. The van der Waals surface area contributed by atoms with Gasteiger partial charge in [0.25, 0.3) is 0 Å². The molecule has 18 heavy (non-hydrogen) atoms. The third kappa shape index (κ3) is 3.60. The molecule has 2 aromatic rings. The van der Waals surface area contributed by atoms with Crippen LogP contribution in [-0.2, 0) is 13.0 Å². The number of rotatable bonds is 5. The molecule has 2 rings (SSSR count). The lowest BCUT2D eigenvalue weighted by Crippen LogP contribution is -1.98. The standard InChI is InChI=1S/C14H15NO2S/c1-11(15-16)8-12-2-4-14(5-3-12)17-9-13-6-7-18-10-13/h2-7,10,16H,8-9H2,1H3/b15-11-. The summed E-state index contributed by atoms with van der Waals surface area (Å²) < 4.78 is 5.66. The van der Waals surface area contributed by atoms with E-state index >= 15 is 0 Å². The number of ether oxygens (including phenoxy) is 1. The Kier molecular flexibility index (Phi) is 4.36. The fourth-order valence-electron chi connectivity index (χ4n) is 1.58. The molecule has 4 heteroatoms. The first-order chi connectivity index (χ1) is 8.78. The lowest BCUT2D eigenvalue weighted by Gasteiger charge is -2.06. The summed E-state index contributed by atoms with van der Waals surface area (Å²) in [5.74, 6) is 0.851. The summed E-state index contributed by atoms with van der Waals surface area (Å²) in [6.45, 7) is 2.39. The fourth-order valence-corrected chi connectivity index (χ4v) is 2.23. The van der Waals surface area contributed by atoms with Crippen LogP contribution in [0.1, 0.15) is 18.1 Å². The first-order valence-corrected chi connectivity index (χ1v) is 6.62. The van der Waals surface area contributed by atoms with Crippen LogP contribution in [0.2, 0.25) is 0 Å². The first kappa shape index (κ1) is 12.6. The molecular weight excluding hydrogens is 246 g/mol. The lowest BCUT2D eigenvalue weighted by atomic mass is 10.1. The summed E-state index contributed by atoms with van der Waals surface area (Å²) in [6, 6.07) is 9.90. The van der Waals surface area contributed by atoms with Gasteiger partial charge in [-0.05, 0) is 47.0 Å². The molecule has 0 saturated carbocycles. The van der Waals surface area contributed by atoms with E-state index in [0.29, 0.717) is 18.7 Å². The molecule has 0 saturated heterocycles. The van der Waals surface area contributed by atoms with Crippen molar-refractivity contribution in [1.82, 2.24) is 0 Å². The van der Waals surface area contributed by atoms with Crippen molar-refractivity contribution >= 4 is 17.0 Å². The second kappa shape index (κ2) is 6.21. The zero-order valence-corrected chi connectivity index (χ0v) is 11.0. The molecule has 0 atom stereocenters. The fraction of sp³-hybridized carbons (Fsp3) is 0.214. The van der Waals surface area contributed by atoms with Crippen LogP contribution in [-0.4, -0.2) is 10.9 Å². The predicted octanol–water partition coefficient (Wildman–Crippen LogP) is 3.72. The predicted molar refractivity (Wildman–Crippen MR) is 73.7 cm³/mol. The van der Waals surface area contributed by atoms with E-state index in [1.165, 1.54) is 5.56 Å². The number of nitrogens with zero attached hydrogens (tertiary/aromatic N) is 1. The average molecular weight is 261 g/mol. The number of hydrogen-bond donors (Lipinski definition) is 1. The smallest absolute Gasteiger partial charge is 0.119 e. The topological polar surface area (TPSA) is 41.8 Å². The number of hydrogen-bond acceptors (Lipinski definition) is 4. The van der Waals surface area contributed by atoms with Gasteiger partial charge in [0.05, 0.1) is 5.71 Å². The Morgan fingerprint density at radius 1 is 1.22 bits per heavy atom. The van der Waals surface area contributed by atoms with E-state index in [1.54, 1.807) is 18.3 Å². The number of benzene rings is 1. The molecule has 0 radical (unpaired) electrons. The highest BCUT2D eigenvalue weighted by molar-refractivity contribution is 7.07. The molecule has 0 aliphatic rings. The van der Waals surface area contributed by atoms with Gasteiger partial charge in [-0.15, -0.1) is 0 Å². The highest BCUT2D eigenvalue weighted by Gasteiger charge is 1.99. The molecule has 0 spiro atoms. The van der Waals surface area contributed by atoms with Crippen molar-refractivity contribution in [3.05, 3.63) is 52.2 Å². The van der Waals surface area contributed by atoms with Crippen LogP contribution in [0.4, 0.5) is 0 Å². The third-order valence-corrected chi connectivity index (χ3v) is 3.27. The maximum absolute atomic E-state index is 8.60. The average Bonchev–Trinajstić information content (AvgIpc) is 2.91. The molecule has 1 heterocycles. The van der Waals surface area contributed by atoms with E-state index in [1.807, 2.05) is 29.6 Å². The molecular formula is C14H15NO2S. The summed E-state index contributed by atoms with van der Waals surface area (Å²) in [5, 5.41) is 15.9. The maximum atomic E-state index is 8.60. The van der Waals surface area contributed by atoms with Crippen LogP contribution in [0.5, 0.6) is 5.75 Å². The molecule has 94 valence electrons. The molecule has 0 unspecified atom stereocenters. The van der Waals surface area contributed by atoms with Gasteiger partial charge in [-0.2, -0.15) is 11.3 Å². The van der Waals surface area contributed by atoms with Gasteiger partial charge >= 0.3 is 0 Å². The van der Waals surface area contributed by atoms with Crippen molar-refractivity contribution in [2.75, 3.05) is 0 Å². The molecule has 1 N–H and O–H groups in total. The van der Waals surface area contributed by atoms with Crippen molar-refractivity contribution < 1.29 is 9.94 Å². The van der Waals surface area contributed by atoms with Crippen molar-refractivity contribution in [3.63, 3.8) is 0 Å². The highest BCUT2D eigenvalue weighted by atomic mass is 32.1. The molecule has 1 aromatic heterocycles. The van der Waals surface area contributed by atoms with Gasteiger partial charge in [-0.3, -0.25) is 0 Å². The Bertz CT molecular complexity index is 503. The van der Waals surface area contributed by atoms with Crippen molar-refractivity contribution in [3.8, 4) is 5.75 Å². The summed E-state index contributed by atoms with van der Waals surface area (Å²) in [5.41, 5.74) is 2.99. The van der Waals surface area contributed by atoms with Gasteiger partial charge in [-0.25, -0.2) is 0 Å². The minimum absolute atomic E-state index is 0.597. The van der Waals surface area contributed by atoms with Crippen LogP contribution in [0.3, 0.4) is 0 Å². The van der Waals surface area contributed by atoms with E-state index in [-0.39, 0.29) is 0 Å². The van der Waals surface area contributed by atoms with Crippen LogP contribution in [0, 0.1) is 0 Å². The van der Waals surface area contributed by atoms with E-state index in [2.05, 4.69) is 16.6 Å². The van der Waals surface area contributed by atoms with Gasteiger partial charge in [0.1, 0.15) is 12.4 Å². The van der Waals surface area contributed by atoms with Crippen LogP contribution < -0.4 is 4.74 Å². The molecule has 0 aliphatic carbocycles. The normalized spacial score (nSPS) is 11.5. The second-order valence-corrected chi connectivity index (χ2v) is 4.86. The summed E-state index contributed by atoms with van der Waals surface area (Å²) in [6.07, 6.45) is 0.654. The van der Waals surface area contributed by atoms with Gasteiger partial charge in [0.15, 0.2) is 0 Å². The highest BCUT2D eigenvalue weighted by Crippen LogP contribution is 2.15. The monoisotopic (exact) mass is 261 g/mol. The van der Waals surface area contributed by atoms with Crippen molar-refractivity contribution in [2.24, 2.45) is 5.16 Å². The Labute approximate surface area is 110 Å². The van der Waals surface area contributed by atoms with E-state index in [4.69, 9.17) is 9.94 Å². The second-order valence-electron chi connectivity index (χ2n) is 4.08. The minimum atomic E-state index is 0.597. The summed E-state index contributed by atoms with van der Waals surface area (Å²) in [4.78, 5) is 0. The summed E-state index contributed by atoms with van der Waals surface area (Å²) >= 11 is 1.67. The van der Waals surface area contributed by atoms with Gasteiger partial charge < -0.3 is 9.94 Å². The van der Waals surface area contributed by atoms with Crippen molar-refractivity contribution in [1.29, 1.82) is 0 Å². The van der Waals surface area contributed by atoms with E-state index in [0.717, 1.165) is 11.3 Å². The zero-order valence-electron chi connectivity index (χ0n) is 10.2. The minimum Gasteiger partial charge on any atom is -0.489 e. The van der Waals surface area contributed by atoms with Gasteiger partial charge in [0, 0.05) is 6.42 Å². The molecule has 0 amide bonds. The quantitative estimate of drug-likeness (QED) is 0.506. The SMILES string of the molecule is C/C(Cc1ccc(OCc2ccsc2)cc1)=N/O. The largest absolute Gasteiger partial charge is 0.489 e. The molecule has 1 aromatic carbocycles. The number of thiophene rings is 1. The Morgan fingerprint density at radius 2 is 2.00 bits per heavy atom. The third-order valence-electron chi connectivity index (χ3n) is 2.54. The molecule has 3 nitrogen and oxygen atoms in total. The zero-order chi connectivity index (χ0) is 12.8.